The third kappa shape index (κ3) is 6.85. The predicted molar refractivity (Wildman–Crippen MR) is 255 cm³/mol. The molecule has 0 radical (unpaired) electrons. The molecule has 0 spiro atoms. The molecule has 294 valence electrons. The lowest BCUT2D eigenvalue weighted by atomic mass is 9.73. The molecule has 0 N–H and O–H groups in total. The number of nitrogens with zero attached hydrogens (tertiary/aromatic N) is 5. The van der Waals surface area contributed by atoms with Crippen molar-refractivity contribution in [2.75, 3.05) is 9.80 Å². The highest BCUT2D eigenvalue weighted by Crippen LogP contribution is 2.58. The molecular weight excluding hydrogens is 763 g/mol. The second-order valence-electron chi connectivity index (χ2n) is 15.7. The van der Waals surface area contributed by atoms with Gasteiger partial charge >= 0.3 is 0 Å². The zero-order valence-electron chi connectivity index (χ0n) is 34.3. The Kier molecular flexibility index (Phi) is 9.78. The van der Waals surface area contributed by atoms with Crippen molar-refractivity contribution >= 4 is 51.7 Å². The predicted octanol–water partition coefficient (Wildman–Crippen LogP) is 15.1. The topological polar surface area (TPSA) is 45.2 Å². The second-order valence-corrected chi connectivity index (χ2v) is 16.8. The zero-order valence-corrected chi connectivity index (χ0v) is 35.1. The van der Waals surface area contributed by atoms with Crippen LogP contribution in [0.3, 0.4) is 0 Å². The molecule has 10 rings (SSSR count). The lowest BCUT2D eigenvalue weighted by Crippen LogP contribution is -2.32. The molecule has 0 unspecified atom stereocenters. The van der Waals surface area contributed by atoms with Crippen LogP contribution in [0.2, 0.25) is 0 Å². The molecule has 0 aliphatic carbocycles. The molecule has 2 aliphatic rings. The van der Waals surface area contributed by atoms with Gasteiger partial charge in [-0.2, -0.15) is 9.97 Å². The van der Waals surface area contributed by atoms with Crippen LogP contribution in [0.5, 0.6) is 0 Å². The fraction of sp³-hybridized carbons (Fsp3) is 0.0727. The lowest BCUT2D eigenvalue weighted by Gasteiger charge is -2.43. The first-order valence-corrected chi connectivity index (χ1v) is 21.4. The Morgan fingerprint density at radius 1 is 0.541 bits per heavy atom. The van der Waals surface area contributed by atoms with Crippen molar-refractivity contribution in [1.29, 1.82) is 0 Å². The lowest BCUT2D eigenvalue weighted by molar-refractivity contribution is 0.630. The van der Waals surface area contributed by atoms with Crippen LogP contribution in [0.4, 0.5) is 34.4 Å². The summed E-state index contributed by atoms with van der Waals surface area (Å²) in [6, 6.07) is 60.1. The van der Waals surface area contributed by atoms with Crippen LogP contribution in [0.25, 0.3) is 39.5 Å². The summed E-state index contributed by atoms with van der Waals surface area (Å²) in [4.78, 5) is 22.6. The van der Waals surface area contributed by atoms with Crippen molar-refractivity contribution in [2.45, 2.75) is 36.0 Å². The third-order valence-electron chi connectivity index (χ3n) is 11.5. The first kappa shape index (κ1) is 38.0. The van der Waals surface area contributed by atoms with Crippen molar-refractivity contribution < 1.29 is 0 Å². The van der Waals surface area contributed by atoms with Crippen molar-refractivity contribution in [3.05, 3.63) is 217 Å². The largest absolute Gasteiger partial charge is 0.308 e. The van der Waals surface area contributed by atoms with Gasteiger partial charge in [0.2, 0.25) is 5.95 Å². The number of para-hydroxylation sites is 2. The van der Waals surface area contributed by atoms with Crippen LogP contribution < -0.4 is 9.80 Å². The van der Waals surface area contributed by atoms with E-state index in [-0.39, 0.29) is 5.41 Å². The van der Waals surface area contributed by atoms with Crippen LogP contribution >= 0.6 is 11.8 Å². The van der Waals surface area contributed by atoms with E-state index in [1.165, 1.54) is 16.0 Å². The summed E-state index contributed by atoms with van der Waals surface area (Å²) < 4.78 is 0. The van der Waals surface area contributed by atoms with Gasteiger partial charge in [-0.15, -0.1) is 0 Å². The normalized spacial score (nSPS) is 13.9. The maximum Gasteiger partial charge on any atom is 0.238 e. The molecule has 2 aliphatic heterocycles. The summed E-state index contributed by atoms with van der Waals surface area (Å²) >= 11 is 1.80. The Morgan fingerprint density at radius 3 is 1.80 bits per heavy atom. The SMILES string of the molecule is C=C/C=C(\C=C/C)c1cc(-c2ccccc2)cc(N2c3ccccc3Sc3cc4c(cc32)C(C)(C)c2ccccc2N4c2nc(-c3ccccc3)nc(-c3ccccc3)n2)c1. The average molecular weight is 806 g/mol. The van der Waals surface area contributed by atoms with Gasteiger partial charge < -0.3 is 4.90 Å². The Balaban J connectivity index is 1.23. The summed E-state index contributed by atoms with van der Waals surface area (Å²) in [7, 11) is 0. The van der Waals surface area contributed by atoms with E-state index in [1.807, 2.05) is 42.5 Å². The van der Waals surface area contributed by atoms with Crippen LogP contribution in [0, 0.1) is 0 Å². The molecule has 0 atom stereocenters. The van der Waals surface area contributed by atoms with Crippen LogP contribution in [-0.2, 0) is 5.41 Å². The fourth-order valence-electron chi connectivity index (χ4n) is 8.60. The first-order chi connectivity index (χ1) is 29.9. The Bertz CT molecular complexity index is 2950. The van der Waals surface area contributed by atoms with Gasteiger partial charge in [0, 0.05) is 32.0 Å². The molecule has 1 aromatic heterocycles. The first-order valence-electron chi connectivity index (χ1n) is 20.6. The molecule has 0 fully saturated rings. The molecule has 0 bridgehead atoms. The van der Waals surface area contributed by atoms with E-state index in [0.717, 1.165) is 66.7 Å². The van der Waals surface area contributed by atoms with Gasteiger partial charge in [0.05, 0.1) is 22.7 Å². The number of fused-ring (bicyclic) bond motifs is 4. The van der Waals surface area contributed by atoms with Gasteiger partial charge in [-0.1, -0.05) is 178 Å². The van der Waals surface area contributed by atoms with Crippen molar-refractivity contribution in [3.8, 4) is 33.9 Å². The van der Waals surface area contributed by atoms with E-state index in [1.54, 1.807) is 11.8 Å². The van der Waals surface area contributed by atoms with Gasteiger partial charge in [-0.25, -0.2) is 4.98 Å². The fourth-order valence-corrected chi connectivity index (χ4v) is 9.67. The van der Waals surface area contributed by atoms with Crippen molar-refractivity contribution in [3.63, 3.8) is 0 Å². The summed E-state index contributed by atoms with van der Waals surface area (Å²) in [5.74, 6) is 1.82. The van der Waals surface area contributed by atoms with E-state index in [2.05, 4.69) is 189 Å². The molecule has 3 heterocycles. The van der Waals surface area contributed by atoms with Crippen LogP contribution in [0.1, 0.15) is 37.5 Å². The average Bonchev–Trinajstić information content (AvgIpc) is 3.31. The number of hydrogen-bond acceptors (Lipinski definition) is 6. The van der Waals surface area contributed by atoms with Crippen molar-refractivity contribution in [1.82, 2.24) is 15.0 Å². The van der Waals surface area contributed by atoms with Crippen molar-refractivity contribution in [2.24, 2.45) is 0 Å². The van der Waals surface area contributed by atoms with Gasteiger partial charge in [-0.3, -0.25) is 4.90 Å². The molecule has 0 saturated carbocycles. The minimum Gasteiger partial charge on any atom is -0.308 e. The second kappa shape index (κ2) is 15.7. The number of aromatic nitrogens is 3. The van der Waals surface area contributed by atoms with Gasteiger partial charge in [0.25, 0.3) is 0 Å². The maximum absolute atomic E-state index is 5.27. The highest BCUT2D eigenvalue weighted by molar-refractivity contribution is 7.99. The highest BCUT2D eigenvalue weighted by atomic mass is 32.2. The highest BCUT2D eigenvalue weighted by Gasteiger charge is 2.40. The number of benzene rings is 7. The summed E-state index contributed by atoms with van der Waals surface area (Å²) in [6.07, 6.45) is 8.19. The van der Waals surface area contributed by atoms with Crippen LogP contribution in [0.15, 0.2) is 211 Å². The minimum absolute atomic E-state index is 0.370. The van der Waals surface area contributed by atoms with E-state index >= 15 is 0 Å². The number of anilines is 6. The number of rotatable bonds is 8. The quantitative estimate of drug-likeness (QED) is 0.143. The van der Waals surface area contributed by atoms with Gasteiger partial charge in [-0.05, 0) is 88.8 Å². The van der Waals surface area contributed by atoms with E-state index < -0.39 is 0 Å². The molecular formula is C55H43N5S. The molecule has 6 heteroatoms. The Labute approximate surface area is 362 Å². The van der Waals surface area contributed by atoms with Crippen LogP contribution in [-0.4, -0.2) is 15.0 Å². The smallest absolute Gasteiger partial charge is 0.238 e. The molecule has 5 nitrogen and oxygen atoms in total. The molecule has 7 aromatic carbocycles. The van der Waals surface area contributed by atoms with E-state index in [9.17, 15) is 0 Å². The standard InChI is InChI=1S/C55H43N5S/c1-5-20-37(21-6-2)41-32-42(38-22-10-7-11-23-38)34-43(33-41)59-47-30-18-19-31-50(47)61-51-36-48-45(35-49(51)59)55(3,4)44-28-16-17-29-46(44)60(48)54-57-52(39-24-12-8-13-25-39)56-53(58-54)40-26-14-9-15-27-40/h5-36H,1H2,2-4H3/b21-6-,37-20+. The molecule has 0 amide bonds. The maximum atomic E-state index is 5.27. The van der Waals surface area contributed by atoms with E-state index in [0.29, 0.717) is 17.6 Å². The van der Waals surface area contributed by atoms with Gasteiger partial charge in [0.1, 0.15) is 0 Å². The molecule has 8 aromatic rings. The third-order valence-corrected chi connectivity index (χ3v) is 12.6. The summed E-state index contributed by atoms with van der Waals surface area (Å²) in [6.45, 7) is 10.8. The zero-order chi connectivity index (χ0) is 41.5. The Morgan fingerprint density at radius 2 is 1.15 bits per heavy atom. The Hall–Kier alpha value is -7.28. The monoisotopic (exact) mass is 805 g/mol. The number of allylic oxidation sites excluding steroid dienone is 5. The minimum atomic E-state index is -0.370. The molecule has 0 saturated heterocycles. The summed E-state index contributed by atoms with van der Waals surface area (Å²) in [5, 5.41) is 0. The molecule has 61 heavy (non-hydrogen) atoms. The van der Waals surface area contributed by atoms with Gasteiger partial charge in [0.15, 0.2) is 11.6 Å². The van der Waals surface area contributed by atoms with E-state index in [4.69, 9.17) is 15.0 Å². The summed E-state index contributed by atoms with van der Waals surface area (Å²) in [5.41, 5.74) is 13.8. The number of hydrogen-bond donors (Lipinski definition) is 0.